The number of aryl methyl sites for hydroxylation is 1. The third-order valence-electron chi connectivity index (χ3n) is 3.93. The first-order valence-corrected chi connectivity index (χ1v) is 9.32. The van der Waals surface area contributed by atoms with Gasteiger partial charge in [-0.05, 0) is 26.0 Å². The topological polar surface area (TPSA) is 66.9 Å². The van der Waals surface area contributed by atoms with E-state index in [1.165, 1.54) is 4.31 Å². The summed E-state index contributed by atoms with van der Waals surface area (Å²) in [5.74, 6) is -0.206. The van der Waals surface area contributed by atoms with Crippen LogP contribution >= 0.6 is 0 Å². The highest BCUT2D eigenvalue weighted by molar-refractivity contribution is 7.89. The SMILES string of the molecule is CCOC(=O)CCN1CCN(S(=O)(=O)c2ccc(C)cc2)CC1. The lowest BCUT2D eigenvalue weighted by Gasteiger charge is -2.33. The lowest BCUT2D eigenvalue weighted by molar-refractivity contribution is -0.143. The lowest BCUT2D eigenvalue weighted by atomic mass is 10.2. The molecule has 1 aromatic rings. The van der Waals surface area contributed by atoms with Crippen molar-refractivity contribution in [3.05, 3.63) is 29.8 Å². The number of carbonyl (C=O) groups is 1. The fourth-order valence-electron chi connectivity index (χ4n) is 2.54. The summed E-state index contributed by atoms with van der Waals surface area (Å²) < 4.78 is 31.6. The van der Waals surface area contributed by atoms with Gasteiger partial charge in [0.15, 0.2) is 0 Å². The number of esters is 1. The second-order valence-electron chi connectivity index (χ2n) is 5.61. The molecular weight excluding hydrogens is 316 g/mol. The number of hydrogen-bond donors (Lipinski definition) is 0. The van der Waals surface area contributed by atoms with Gasteiger partial charge in [-0.15, -0.1) is 0 Å². The third-order valence-corrected chi connectivity index (χ3v) is 5.84. The van der Waals surface area contributed by atoms with Crippen LogP contribution in [0.1, 0.15) is 18.9 Å². The van der Waals surface area contributed by atoms with Gasteiger partial charge < -0.3 is 9.64 Å². The molecular formula is C16H24N2O4S. The van der Waals surface area contributed by atoms with Crippen LogP contribution in [0.3, 0.4) is 0 Å². The largest absolute Gasteiger partial charge is 0.466 e. The van der Waals surface area contributed by atoms with Gasteiger partial charge in [0.1, 0.15) is 0 Å². The van der Waals surface area contributed by atoms with E-state index in [1.54, 1.807) is 19.1 Å². The summed E-state index contributed by atoms with van der Waals surface area (Å²) >= 11 is 0. The Morgan fingerprint density at radius 1 is 1.13 bits per heavy atom. The van der Waals surface area contributed by atoms with Crippen LogP contribution in [0.25, 0.3) is 0 Å². The number of nitrogens with zero attached hydrogens (tertiary/aromatic N) is 2. The molecule has 6 nitrogen and oxygen atoms in total. The van der Waals surface area contributed by atoms with E-state index in [-0.39, 0.29) is 5.97 Å². The lowest BCUT2D eigenvalue weighted by Crippen LogP contribution is -2.48. The van der Waals surface area contributed by atoms with Crippen LogP contribution in [0.2, 0.25) is 0 Å². The molecule has 0 aromatic heterocycles. The Labute approximate surface area is 138 Å². The molecule has 2 rings (SSSR count). The van der Waals surface area contributed by atoms with E-state index in [2.05, 4.69) is 4.90 Å². The van der Waals surface area contributed by atoms with E-state index in [9.17, 15) is 13.2 Å². The first-order valence-electron chi connectivity index (χ1n) is 7.88. The van der Waals surface area contributed by atoms with Crippen molar-refractivity contribution in [1.82, 2.24) is 9.21 Å². The highest BCUT2D eigenvalue weighted by Gasteiger charge is 2.28. The fourth-order valence-corrected chi connectivity index (χ4v) is 3.96. The number of rotatable bonds is 6. The van der Waals surface area contributed by atoms with Crippen molar-refractivity contribution in [3.8, 4) is 0 Å². The van der Waals surface area contributed by atoms with Crippen LogP contribution in [0.4, 0.5) is 0 Å². The van der Waals surface area contributed by atoms with Gasteiger partial charge >= 0.3 is 5.97 Å². The van der Waals surface area contributed by atoms with E-state index < -0.39 is 10.0 Å². The highest BCUT2D eigenvalue weighted by Crippen LogP contribution is 2.18. The zero-order valence-electron chi connectivity index (χ0n) is 13.7. The molecule has 1 heterocycles. The predicted octanol–water partition coefficient (Wildman–Crippen LogP) is 1.25. The van der Waals surface area contributed by atoms with Gasteiger partial charge in [0, 0.05) is 32.7 Å². The van der Waals surface area contributed by atoms with E-state index >= 15 is 0 Å². The Morgan fingerprint density at radius 3 is 2.30 bits per heavy atom. The molecule has 1 aliphatic rings. The van der Waals surface area contributed by atoms with Crippen LogP contribution in [-0.2, 0) is 19.6 Å². The van der Waals surface area contributed by atoms with Crippen LogP contribution in [0.15, 0.2) is 29.2 Å². The van der Waals surface area contributed by atoms with Crippen molar-refractivity contribution in [2.75, 3.05) is 39.3 Å². The average molecular weight is 340 g/mol. The normalized spacial score (nSPS) is 17.1. The highest BCUT2D eigenvalue weighted by atomic mass is 32.2. The molecule has 0 radical (unpaired) electrons. The number of sulfonamides is 1. The minimum absolute atomic E-state index is 0.206. The van der Waals surface area contributed by atoms with Crippen molar-refractivity contribution in [1.29, 1.82) is 0 Å². The van der Waals surface area contributed by atoms with E-state index in [4.69, 9.17) is 4.74 Å². The molecule has 0 atom stereocenters. The second-order valence-corrected chi connectivity index (χ2v) is 7.55. The Kier molecular flexibility index (Phi) is 6.15. The fraction of sp³-hybridized carbons (Fsp3) is 0.562. The molecule has 0 saturated carbocycles. The van der Waals surface area contributed by atoms with Crippen molar-refractivity contribution in [3.63, 3.8) is 0 Å². The summed E-state index contributed by atoms with van der Waals surface area (Å²) in [4.78, 5) is 13.8. The molecule has 0 unspecified atom stereocenters. The molecule has 0 N–H and O–H groups in total. The van der Waals surface area contributed by atoms with Gasteiger partial charge in [0.2, 0.25) is 10.0 Å². The minimum Gasteiger partial charge on any atom is -0.466 e. The zero-order valence-corrected chi connectivity index (χ0v) is 14.5. The molecule has 0 bridgehead atoms. The molecule has 7 heteroatoms. The third kappa shape index (κ3) is 4.76. The molecule has 0 amide bonds. The van der Waals surface area contributed by atoms with E-state index in [1.807, 2.05) is 19.1 Å². The first kappa shape index (κ1) is 17.9. The molecule has 1 saturated heterocycles. The summed E-state index contributed by atoms with van der Waals surface area (Å²) in [6, 6.07) is 6.92. The smallest absolute Gasteiger partial charge is 0.307 e. The summed E-state index contributed by atoms with van der Waals surface area (Å²) in [6.07, 6.45) is 0.346. The Bertz CT molecular complexity index is 620. The summed E-state index contributed by atoms with van der Waals surface area (Å²) in [7, 11) is -3.43. The molecule has 1 fully saturated rings. The van der Waals surface area contributed by atoms with Gasteiger partial charge in [-0.2, -0.15) is 4.31 Å². The van der Waals surface area contributed by atoms with Gasteiger partial charge in [-0.1, -0.05) is 17.7 Å². The van der Waals surface area contributed by atoms with Gasteiger partial charge in [-0.3, -0.25) is 4.79 Å². The van der Waals surface area contributed by atoms with Gasteiger partial charge in [0.25, 0.3) is 0 Å². The van der Waals surface area contributed by atoms with Crippen molar-refractivity contribution in [2.45, 2.75) is 25.2 Å². The maximum absolute atomic E-state index is 12.6. The Hall–Kier alpha value is -1.44. The standard InChI is InChI=1S/C16H24N2O4S/c1-3-22-16(19)8-9-17-10-12-18(13-11-17)23(20,21)15-6-4-14(2)5-7-15/h4-7H,3,8-13H2,1-2H3. The summed E-state index contributed by atoms with van der Waals surface area (Å²) in [5, 5.41) is 0. The predicted molar refractivity (Wildman–Crippen MR) is 87.6 cm³/mol. The summed E-state index contributed by atoms with van der Waals surface area (Å²) in [5.41, 5.74) is 1.03. The molecule has 1 aromatic carbocycles. The first-order chi connectivity index (χ1) is 10.9. The van der Waals surface area contributed by atoms with Crippen molar-refractivity contribution < 1.29 is 17.9 Å². The monoisotopic (exact) mass is 340 g/mol. The van der Waals surface area contributed by atoms with E-state index in [0.717, 1.165) is 5.56 Å². The molecule has 23 heavy (non-hydrogen) atoms. The molecule has 0 spiro atoms. The van der Waals surface area contributed by atoms with Crippen molar-refractivity contribution >= 4 is 16.0 Å². The van der Waals surface area contributed by atoms with Gasteiger partial charge in [-0.25, -0.2) is 8.42 Å². The number of benzene rings is 1. The maximum atomic E-state index is 12.6. The van der Waals surface area contributed by atoms with Crippen LogP contribution in [0.5, 0.6) is 0 Å². The van der Waals surface area contributed by atoms with Crippen molar-refractivity contribution in [2.24, 2.45) is 0 Å². The van der Waals surface area contributed by atoms with Crippen LogP contribution < -0.4 is 0 Å². The quantitative estimate of drug-likeness (QED) is 0.729. The Balaban J connectivity index is 1.88. The van der Waals surface area contributed by atoms with Crippen LogP contribution in [0, 0.1) is 6.92 Å². The molecule has 128 valence electrons. The van der Waals surface area contributed by atoms with Gasteiger partial charge in [0.05, 0.1) is 17.9 Å². The Morgan fingerprint density at radius 2 is 1.74 bits per heavy atom. The number of hydrogen-bond acceptors (Lipinski definition) is 5. The van der Waals surface area contributed by atoms with E-state index in [0.29, 0.717) is 50.6 Å². The number of carbonyl (C=O) groups excluding carboxylic acids is 1. The summed E-state index contributed by atoms with van der Waals surface area (Å²) in [6.45, 7) is 6.86. The number of ether oxygens (including phenoxy) is 1. The van der Waals surface area contributed by atoms with Crippen LogP contribution in [-0.4, -0.2) is 62.9 Å². The number of piperazine rings is 1. The second kappa shape index (κ2) is 7.90. The average Bonchev–Trinajstić information content (AvgIpc) is 2.54. The minimum atomic E-state index is -3.43. The molecule has 0 aliphatic carbocycles. The molecule has 1 aliphatic heterocycles. The maximum Gasteiger partial charge on any atom is 0.307 e. The zero-order chi connectivity index (χ0) is 16.9.